The van der Waals surface area contributed by atoms with Crippen LogP contribution >= 0.6 is 12.4 Å². The Labute approximate surface area is 103 Å². The second kappa shape index (κ2) is 6.46. The van der Waals surface area contributed by atoms with Crippen LogP contribution in [0.4, 0.5) is 18.9 Å². The van der Waals surface area contributed by atoms with Gasteiger partial charge in [0.25, 0.3) is 0 Å². The van der Waals surface area contributed by atoms with Gasteiger partial charge in [0.15, 0.2) is 0 Å². The molecular weight excluding hydrogens is 257 g/mol. The van der Waals surface area contributed by atoms with Gasteiger partial charge in [0, 0.05) is 5.69 Å². The minimum Gasteiger partial charge on any atom is -0.325 e. The Bertz CT molecular complexity index is 382. The largest absolute Gasteiger partial charge is 0.416 e. The molecule has 1 aromatic rings. The lowest BCUT2D eigenvalue weighted by molar-refractivity contribution is -0.137. The Morgan fingerprint density at radius 2 is 2.00 bits per heavy atom. The van der Waals surface area contributed by atoms with Crippen molar-refractivity contribution in [3.05, 3.63) is 29.8 Å². The third kappa shape index (κ3) is 5.06. The lowest BCUT2D eigenvalue weighted by atomic mass is 10.2. The molecule has 0 atom stereocenters. The van der Waals surface area contributed by atoms with E-state index in [0.29, 0.717) is 0 Å². The van der Waals surface area contributed by atoms with Crippen LogP contribution in [0.15, 0.2) is 24.3 Å². The van der Waals surface area contributed by atoms with Crippen molar-refractivity contribution >= 4 is 24.0 Å². The van der Waals surface area contributed by atoms with E-state index in [2.05, 4.69) is 10.6 Å². The summed E-state index contributed by atoms with van der Waals surface area (Å²) in [6.45, 7) is 0.0518. The molecule has 0 aliphatic carbocycles. The molecule has 0 aliphatic rings. The van der Waals surface area contributed by atoms with E-state index >= 15 is 0 Å². The molecule has 1 amide bonds. The summed E-state index contributed by atoms with van der Waals surface area (Å²) >= 11 is 0. The van der Waals surface area contributed by atoms with Crippen LogP contribution in [0.25, 0.3) is 0 Å². The second-order valence-electron chi connectivity index (χ2n) is 3.16. The van der Waals surface area contributed by atoms with E-state index in [1.54, 1.807) is 7.05 Å². The maximum Gasteiger partial charge on any atom is 0.416 e. The fourth-order valence-electron chi connectivity index (χ4n) is 1.14. The van der Waals surface area contributed by atoms with Crippen molar-refractivity contribution in [3.8, 4) is 0 Å². The molecule has 96 valence electrons. The third-order valence-corrected chi connectivity index (χ3v) is 1.81. The molecule has 1 rings (SSSR count). The molecule has 0 saturated carbocycles. The van der Waals surface area contributed by atoms with Crippen molar-refractivity contribution in [1.82, 2.24) is 5.32 Å². The number of halogens is 4. The van der Waals surface area contributed by atoms with Crippen molar-refractivity contribution in [3.63, 3.8) is 0 Å². The van der Waals surface area contributed by atoms with E-state index in [9.17, 15) is 18.0 Å². The Morgan fingerprint density at radius 3 is 2.53 bits per heavy atom. The van der Waals surface area contributed by atoms with E-state index in [1.807, 2.05) is 0 Å². The van der Waals surface area contributed by atoms with Gasteiger partial charge < -0.3 is 10.6 Å². The van der Waals surface area contributed by atoms with Crippen LogP contribution in [-0.2, 0) is 11.0 Å². The summed E-state index contributed by atoms with van der Waals surface area (Å²) in [5.41, 5.74) is -0.648. The van der Waals surface area contributed by atoms with Gasteiger partial charge in [-0.3, -0.25) is 4.79 Å². The number of benzene rings is 1. The Hall–Kier alpha value is -1.27. The van der Waals surface area contributed by atoms with Gasteiger partial charge in [0.1, 0.15) is 0 Å². The van der Waals surface area contributed by atoms with Crippen molar-refractivity contribution in [2.75, 3.05) is 18.9 Å². The number of anilines is 1. The molecule has 0 spiro atoms. The summed E-state index contributed by atoms with van der Waals surface area (Å²) in [6.07, 6.45) is -4.40. The van der Waals surface area contributed by atoms with Gasteiger partial charge in [-0.05, 0) is 25.2 Å². The van der Waals surface area contributed by atoms with Crippen LogP contribution in [0, 0.1) is 0 Å². The van der Waals surface area contributed by atoms with Gasteiger partial charge in [-0.2, -0.15) is 13.2 Å². The molecule has 0 bridgehead atoms. The number of carbonyl (C=O) groups excluding carboxylic acids is 1. The van der Waals surface area contributed by atoms with Crippen molar-refractivity contribution in [2.24, 2.45) is 0 Å². The summed E-state index contributed by atoms with van der Waals surface area (Å²) in [5.74, 6) is -0.387. The van der Waals surface area contributed by atoms with Crippen LogP contribution in [0.2, 0.25) is 0 Å². The van der Waals surface area contributed by atoms with Crippen LogP contribution in [0.1, 0.15) is 5.56 Å². The summed E-state index contributed by atoms with van der Waals surface area (Å²) in [6, 6.07) is 4.50. The van der Waals surface area contributed by atoms with E-state index in [4.69, 9.17) is 0 Å². The maximum atomic E-state index is 12.3. The monoisotopic (exact) mass is 268 g/mol. The molecule has 3 nitrogen and oxygen atoms in total. The molecule has 0 radical (unpaired) electrons. The van der Waals surface area contributed by atoms with Crippen LogP contribution < -0.4 is 10.6 Å². The molecule has 0 unspecified atom stereocenters. The summed E-state index contributed by atoms with van der Waals surface area (Å²) in [7, 11) is 1.58. The quantitative estimate of drug-likeness (QED) is 0.883. The van der Waals surface area contributed by atoms with Crippen LogP contribution in [0.5, 0.6) is 0 Å². The highest BCUT2D eigenvalue weighted by Crippen LogP contribution is 2.30. The maximum absolute atomic E-state index is 12.3. The van der Waals surface area contributed by atoms with Crippen molar-refractivity contribution in [1.29, 1.82) is 0 Å². The highest BCUT2D eigenvalue weighted by atomic mass is 35.5. The zero-order valence-corrected chi connectivity index (χ0v) is 9.78. The van der Waals surface area contributed by atoms with Crippen molar-refractivity contribution < 1.29 is 18.0 Å². The molecule has 17 heavy (non-hydrogen) atoms. The first kappa shape index (κ1) is 15.7. The number of rotatable bonds is 3. The van der Waals surface area contributed by atoms with E-state index in [1.165, 1.54) is 12.1 Å². The lowest BCUT2D eigenvalue weighted by Crippen LogP contribution is -2.25. The average Bonchev–Trinajstić information content (AvgIpc) is 2.17. The molecule has 7 heteroatoms. The van der Waals surface area contributed by atoms with Gasteiger partial charge in [0.2, 0.25) is 5.91 Å². The zero-order chi connectivity index (χ0) is 12.2. The third-order valence-electron chi connectivity index (χ3n) is 1.81. The second-order valence-corrected chi connectivity index (χ2v) is 3.16. The fraction of sp³-hybridized carbons (Fsp3) is 0.300. The molecule has 0 saturated heterocycles. The first-order chi connectivity index (χ1) is 7.43. The summed E-state index contributed by atoms with van der Waals surface area (Å²) < 4.78 is 37.0. The molecular formula is C10H12ClF3N2O. The Morgan fingerprint density at radius 1 is 1.35 bits per heavy atom. The van der Waals surface area contributed by atoms with E-state index in [0.717, 1.165) is 12.1 Å². The molecule has 0 aliphatic heterocycles. The lowest BCUT2D eigenvalue weighted by Gasteiger charge is -2.09. The van der Waals surface area contributed by atoms with Gasteiger partial charge in [0.05, 0.1) is 12.1 Å². The Balaban J connectivity index is 0.00000256. The Kier molecular flexibility index (Phi) is 5.98. The van der Waals surface area contributed by atoms with Crippen LogP contribution in [-0.4, -0.2) is 19.5 Å². The van der Waals surface area contributed by atoms with E-state index in [-0.39, 0.29) is 30.5 Å². The van der Waals surface area contributed by atoms with Gasteiger partial charge in [-0.1, -0.05) is 6.07 Å². The highest BCUT2D eigenvalue weighted by Gasteiger charge is 2.30. The fourth-order valence-corrected chi connectivity index (χ4v) is 1.14. The van der Waals surface area contributed by atoms with Gasteiger partial charge in [-0.15, -0.1) is 12.4 Å². The standard InChI is InChI=1S/C10H11F3N2O.ClH/c1-14-6-9(16)15-8-4-2-3-7(5-8)10(11,12)13;/h2-5,14H,6H2,1H3,(H,15,16);1H. The topological polar surface area (TPSA) is 41.1 Å². The number of nitrogens with one attached hydrogen (secondary N) is 2. The minimum absolute atomic E-state index is 0. The SMILES string of the molecule is CNCC(=O)Nc1cccc(C(F)(F)F)c1.Cl. The molecule has 2 N–H and O–H groups in total. The predicted octanol–water partition coefficient (Wildman–Crippen LogP) is 2.29. The summed E-state index contributed by atoms with van der Waals surface area (Å²) in [4.78, 5) is 11.1. The van der Waals surface area contributed by atoms with Gasteiger partial charge in [-0.25, -0.2) is 0 Å². The molecule has 0 heterocycles. The first-order valence-corrected chi connectivity index (χ1v) is 4.55. The smallest absolute Gasteiger partial charge is 0.325 e. The van der Waals surface area contributed by atoms with Gasteiger partial charge >= 0.3 is 6.18 Å². The normalized spacial score (nSPS) is 10.6. The van der Waals surface area contributed by atoms with Crippen molar-refractivity contribution in [2.45, 2.75) is 6.18 Å². The zero-order valence-electron chi connectivity index (χ0n) is 8.97. The average molecular weight is 269 g/mol. The van der Waals surface area contributed by atoms with Crippen LogP contribution in [0.3, 0.4) is 0 Å². The predicted molar refractivity (Wildman–Crippen MR) is 61.2 cm³/mol. The number of hydrogen-bond donors (Lipinski definition) is 2. The molecule has 0 aromatic heterocycles. The number of alkyl halides is 3. The van der Waals surface area contributed by atoms with E-state index < -0.39 is 11.7 Å². The number of hydrogen-bond acceptors (Lipinski definition) is 2. The number of carbonyl (C=O) groups is 1. The minimum atomic E-state index is -4.40. The number of amides is 1. The number of likely N-dealkylation sites (N-methyl/N-ethyl adjacent to an activating group) is 1. The molecule has 1 aromatic carbocycles. The highest BCUT2D eigenvalue weighted by molar-refractivity contribution is 5.92. The first-order valence-electron chi connectivity index (χ1n) is 4.55. The summed E-state index contributed by atoms with van der Waals surface area (Å²) in [5, 5.41) is 4.95. The molecule has 0 fully saturated rings.